The van der Waals surface area contributed by atoms with Gasteiger partial charge >= 0.3 is 6.03 Å². The van der Waals surface area contributed by atoms with E-state index >= 15 is 0 Å². The molecular weight excluding hydrogens is 401 g/mol. The molecule has 144 valence electrons. The second kappa shape index (κ2) is 7.73. The molecule has 1 saturated heterocycles. The van der Waals surface area contributed by atoms with Crippen molar-refractivity contribution in [3.63, 3.8) is 0 Å². The highest BCUT2D eigenvalue weighted by Crippen LogP contribution is 2.32. The number of ether oxygens (including phenoxy) is 1. The number of nitrogens with one attached hydrogen (secondary N) is 2. The Morgan fingerprint density at radius 3 is 2.57 bits per heavy atom. The zero-order chi connectivity index (χ0) is 19.7. The molecule has 0 saturated carbocycles. The molecule has 4 rings (SSSR count). The summed E-state index contributed by atoms with van der Waals surface area (Å²) in [5.41, 5.74) is 1.98. The molecule has 8 heteroatoms. The number of hydrogen-bond acceptors (Lipinski definition) is 3. The van der Waals surface area contributed by atoms with Gasteiger partial charge in [0, 0.05) is 23.5 Å². The number of imide groups is 1. The summed E-state index contributed by atoms with van der Waals surface area (Å²) in [7, 11) is 0. The Kier molecular flexibility index (Phi) is 5.15. The number of aromatic amines is 1. The van der Waals surface area contributed by atoms with Crippen LogP contribution in [-0.4, -0.2) is 41.0 Å². The van der Waals surface area contributed by atoms with Gasteiger partial charge in [-0.25, -0.2) is 4.79 Å². The summed E-state index contributed by atoms with van der Waals surface area (Å²) in [6, 6.07) is 11.8. The number of amides is 3. The van der Waals surface area contributed by atoms with E-state index in [-0.39, 0.29) is 19.1 Å². The lowest BCUT2D eigenvalue weighted by molar-refractivity contribution is -0.127. The van der Waals surface area contributed by atoms with Crippen molar-refractivity contribution in [2.24, 2.45) is 0 Å². The van der Waals surface area contributed by atoms with Crippen LogP contribution in [0.5, 0.6) is 5.75 Å². The number of carbonyl (C=O) groups excluding carboxylic acids is 2. The van der Waals surface area contributed by atoms with Gasteiger partial charge in [0.25, 0.3) is 5.91 Å². The summed E-state index contributed by atoms with van der Waals surface area (Å²) < 4.78 is 5.58. The molecule has 1 aliphatic heterocycles. The number of carbonyl (C=O) groups is 2. The Labute approximate surface area is 171 Å². The first-order valence-corrected chi connectivity index (χ1v) is 9.54. The van der Waals surface area contributed by atoms with E-state index in [0.717, 1.165) is 21.4 Å². The lowest BCUT2D eigenvalue weighted by atomic mass is 10.1. The monoisotopic (exact) mass is 417 g/mol. The van der Waals surface area contributed by atoms with Gasteiger partial charge in [-0.15, -0.1) is 0 Å². The van der Waals surface area contributed by atoms with Gasteiger partial charge in [-0.05, 0) is 23.8 Å². The normalized spacial score (nSPS) is 16.6. The van der Waals surface area contributed by atoms with Crippen LogP contribution < -0.4 is 10.1 Å². The van der Waals surface area contributed by atoms with Gasteiger partial charge in [-0.2, -0.15) is 0 Å². The number of urea groups is 1. The molecule has 1 aliphatic rings. The van der Waals surface area contributed by atoms with Gasteiger partial charge in [-0.1, -0.05) is 47.5 Å². The van der Waals surface area contributed by atoms with E-state index in [2.05, 4.69) is 10.3 Å². The van der Waals surface area contributed by atoms with Gasteiger partial charge in [0.2, 0.25) is 0 Å². The number of benzene rings is 2. The van der Waals surface area contributed by atoms with Crippen LogP contribution in [0, 0.1) is 0 Å². The van der Waals surface area contributed by atoms with Gasteiger partial charge < -0.3 is 15.0 Å². The molecule has 0 aliphatic carbocycles. The lowest BCUT2D eigenvalue weighted by Gasteiger charge is -2.15. The largest absolute Gasteiger partial charge is 0.489 e. The fraction of sp³-hybridized carbons (Fsp3) is 0.200. The van der Waals surface area contributed by atoms with E-state index < -0.39 is 12.1 Å². The molecule has 1 atom stereocenters. The van der Waals surface area contributed by atoms with Crippen molar-refractivity contribution in [3.8, 4) is 5.75 Å². The molecule has 0 bridgehead atoms. The minimum absolute atomic E-state index is 0.0996. The second-order valence-electron chi connectivity index (χ2n) is 6.45. The molecule has 2 N–H and O–H groups in total. The highest BCUT2D eigenvalue weighted by atomic mass is 35.5. The zero-order valence-electron chi connectivity index (χ0n) is 14.7. The Morgan fingerprint density at radius 2 is 1.79 bits per heavy atom. The predicted molar refractivity (Wildman–Crippen MR) is 108 cm³/mol. The van der Waals surface area contributed by atoms with Gasteiger partial charge in [0.05, 0.1) is 16.6 Å². The summed E-state index contributed by atoms with van der Waals surface area (Å²) in [6.45, 7) is 0.207. The van der Waals surface area contributed by atoms with Crippen molar-refractivity contribution in [1.82, 2.24) is 15.2 Å². The first-order chi connectivity index (χ1) is 13.5. The number of aromatic nitrogens is 1. The van der Waals surface area contributed by atoms with Gasteiger partial charge in [-0.3, -0.25) is 9.69 Å². The Morgan fingerprint density at radius 1 is 1.04 bits per heavy atom. The number of nitrogens with zero attached hydrogens (tertiary/aromatic N) is 1. The topological polar surface area (TPSA) is 74.4 Å². The molecule has 0 spiro atoms. The molecule has 1 unspecified atom stereocenters. The van der Waals surface area contributed by atoms with E-state index in [1.54, 1.807) is 18.2 Å². The van der Waals surface area contributed by atoms with Crippen molar-refractivity contribution in [1.29, 1.82) is 0 Å². The number of halogens is 2. The van der Waals surface area contributed by atoms with Crippen LogP contribution in [0.3, 0.4) is 0 Å². The number of hydrogen-bond donors (Lipinski definition) is 2. The fourth-order valence-corrected chi connectivity index (χ4v) is 3.81. The Balaban J connectivity index is 1.40. The maximum absolute atomic E-state index is 12.7. The van der Waals surface area contributed by atoms with Gasteiger partial charge in [0.15, 0.2) is 5.75 Å². The van der Waals surface area contributed by atoms with Crippen LogP contribution in [0.25, 0.3) is 10.9 Å². The quantitative estimate of drug-likeness (QED) is 0.594. The number of H-pyrrole nitrogens is 1. The molecule has 1 aromatic heterocycles. The van der Waals surface area contributed by atoms with Crippen molar-refractivity contribution >= 4 is 46.0 Å². The highest BCUT2D eigenvalue weighted by Gasteiger charge is 2.38. The average Bonchev–Trinajstić information content (AvgIpc) is 3.20. The molecule has 1 fully saturated rings. The minimum Gasteiger partial charge on any atom is -0.489 e. The van der Waals surface area contributed by atoms with Crippen LogP contribution in [0.15, 0.2) is 48.7 Å². The molecule has 3 aromatic rings. The number of rotatable bonds is 6. The van der Waals surface area contributed by atoms with Crippen LogP contribution in [0.1, 0.15) is 5.56 Å². The van der Waals surface area contributed by atoms with E-state index in [4.69, 9.17) is 27.9 Å². The highest BCUT2D eigenvalue weighted by molar-refractivity contribution is 6.37. The van der Waals surface area contributed by atoms with Crippen molar-refractivity contribution in [2.45, 2.75) is 12.5 Å². The SMILES string of the molecule is O=C1NC(Cc2c[nH]c3ccccc23)C(=O)N1CCOc1c(Cl)cccc1Cl. The lowest BCUT2D eigenvalue weighted by Crippen LogP contribution is -2.35. The molecule has 2 heterocycles. The third kappa shape index (κ3) is 3.53. The average molecular weight is 418 g/mol. The minimum atomic E-state index is -0.601. The summed E-state index contributed by atoms with van der Waals surface area (Å²) in [4.78, 5) is 29.3. The standard InChI is InChI=1S/C20H17Cl2N3O3/c21-14-5-3-6-15(22)18(14)28-9-8-25-19(26)17(24-20(25)27)10-12-11-23-16-7-2-1-4-13(12)16/h1-7,11,17,23H,8-10H2,(H,24,27). The summed E-state index contributed by atoms with van der Waals surface area (Å²) >= 11 is 12.1. The number of para-hydroxylation sites is 2. The molecule has 28 heavy (non-hydrogen) atoms. The van der Waals surface area contributed by atoms with E-state index in [1.165, 1.54) is 0 Å². The molecule has 6 nitrogen and oxygen atoms in total. The Hall–Kier alpha value is -2.70. The maximum atomic E-state index is 12.7. The molecule has 2 aromatic carbocycles. The van der Waals surface area contributed by atoms with Crippen LogP contribution in [0.4, 0.5) is 4.79 Å². The third-order valence-electron chi connectivity index (χ3n) is 4.69. The van der Waals surface area contributed by atoms with Crippen molar-refractivity contribution in [2.75, 3.05) is 13.2 Å². The molecule has 3 amide bonds. The van der Waals surface area contributed by atoms with Crippen molar-refractivity contribution < 1.29 is 14.3 Å². The van der Waals surface area contributed by atoms with Crippen molar-refractivity contribution in [3.05, 3.63) is 64.3 Å². The zero-order valence-corrected chi connectivity index (χ0v) is 16.3. The van der Waals surface area contributed by atoms with E-state index in [0.29, 0.717) is 22.2 Å². The summed E-state index contributed by atoms with van der Waals surface area (Å²) in [5.74, 6) is 0.0670. The third-order valence-corrected chi connectivity index (χ3v) is 5.28. The summed E-state index contributed by atoms with van der Waals surface area (Å²) in [5, 5.41) is 4.54. The van der Waals surface area contributed by atoms with Crippen LogP contribution >= 0.6 is 23.2 Å². The van der Waals surface area contributed by atoms with E-state index in [1.807, 2.05) is 30.5 Å². The predicted octanol–water partition coefficient (Wildman–Crippen LogP) is 4.02. The smallest absolute Gasteiger partial charge is 0.324 e. The molecule has 0 radical (unpaired) electrons. The first-order valence-electron chi connectivity index (χ1n) is 8.78. The maximum Gasteiger partial charge on any atom is 0.324 e. The number of fused-ring (bicyclic) bond motifs is 1. The summed E-state index contributed by atoms with van der Waals surface area (Å²) in [6.07, 6.45) is 2.29. The van der Waals surface area contributed by atoms with Crippen LogP contribution in [0.2, 0.25) is 10.0 Å². The fourth-order valence-electron chi connectivity index (χ4n) is 3.31. The molecular formula is C20H17Cl2N3O3. The second-order valence-corrected chi connectivity index (χ2v) is 7.27. The first kappa shape index (κ1) is 18.7. The van der Waals surface area contributed by atoms with Gasteiger partial charge in [0.1, 0.15) is 12.6 Å². The Bertz CT molecular complexity index is 1030. The van der Waals surface area contributed by atoms with Crippen LogP contribution in [-0.2, 0) is 11.2 Å². The van der Waals surface area contributed by atoms with E-state index in [9.17, 15) is 9.59 Å².